The van der Waals surface area contributed by atoms with E-state index in [9.17, 15) is 4.79 Å². The molecular formula is C30H37N3O7. The highest BCUT2D eigenvalue weighted by Crippen LogP contribution is 2.33. The van der Waals surface area contributed by atoms with Crippen molar-refractivity contribution < 1.29 is 34.1 Å². The van der Waals surface area contributed by atoms with Gasteiger partial charge in [-0.1, -0.05) is 48.0 Å². The number of hydrogen-bond acceptors (Lipinski definition) is 7. The lowest BCUT2D eigenvalue weighted by Crippen LogP contribution is -2.51. The van der Waals surface area contributed by atoms with E-state index in [-0.39, 0.29) is 5.92 Å². The molecule has 0 atom stereocenters. The summed E-state index contributed by atoms with van der Waals surface area (Å²) in [6, 6.07) is 16.7. The standard InChI is InChI=1S/C28H35N3O3.C2H2O4/c1-22(17-23-5-3-2-4-6-23)19-29-11-9-25(10-12-29)28(32)31-15-13-30(14-16-31)20-24-7-8-26-27(18-24)34-21-33-26;3-1(4)2(5)6/h2-8,17-18,25H,9-16,19-21H2,1H3;(H,3,4)(H,5,6). The summed E-state index contributed by atoms with van der Waals surface area (Å²) in [6.45, 7) is 9.86. The zero-order valence-corrected chi connectivity index (χ0v) is 22.8. The van der Waals surface area contributed by atoms with Crippen LogP contribution in [0.25, 0.3) is 6.08 Å². The number of aliphatic carboxylic acids is 2. The summed E-state index contributed by atoms with van der Waals surface area (Å²) >= 11 is 0. The zero-order valence-electron chi connectivity index (χ0n) is 22.8. The van der Waals surface area contributed by atoms with Crippen LogP contribution in [0.15, 0.2) is 54.1 Å². The van der Waals surface area contributed by atoms with Crippen LogP contribution in [0.5, 0.6) is 11.5 Å². The van der Waals surface area contributed by atoms with Gasteiger partial charge in [0.15, 0.2) is 11.5 Å². The van der Waals surface area contributed by atoms with Crippen LogP contribution in [0.1, 0.15) is 30.9 Å². The second kappa shape index (κ2) is 14.0. The van der Waals surface area contributed by atoms with Gasteiger partial charge in [-0.15, -0.1) is 0 Å². The minimum atomic E-state index is -1.82. The number of ether oxygens (including phenoxy) is 2. The molecule has 0 aromatic heterocycles. The maximum Gasteiger partial charge on any atom is 0.414 e. The highest BCUT2D eigenvalue weighted by Gasteiger charge is 2.30. The molecule has 10 heteroatoms. The van der Waals surface area contributed by atoms with Gasteiger partial charge in [-0.05, 0) is 56.1 Å². The van der Waals surface area contributed by atoms with Crippen LogP contribution in [0.2, 0.25) is 0 Å². The van der Waals surface area contributed by atoms with E-state index in [4.69, 9.17) is 29.3 Å². The Morgan fingerprint density at radius 2 is 1.50 bits per heavy atom. The van der Waals surface area contributed by atoms with E-state index in [1.165, 1.54) is 16.7 Å². The topological polar surface area (TPSA) is 120 Å². The molecule has 0 spiro atoms. The number of amides is 1. The van der Waals surface area contributed by atoms with Gasteiger partial charge in [-0.25, -0.2) is 9.59 Å². The molecule has 2 aromatic rings. The number of carboxylic acids is 2. The Balaban J connectivity index is 0.000000557. The number of piperidine rings is 1. The van der Waals surface area contributed by atoms with Crippen molar-refractivity contribution in [3.8, 4) is 11.5 Å². The minimum absolute atomic E-state index is 0.176. The Bertz CT molecular complexity index is 1190. The average molecular weight is 552 g/mol. The quantitative estimate of drug-likeness (QED) is 0.522. The second-order valence-corrected chi connectivity index (χ2v) is 10.4. The zero-order chi connectivity index (χ0) is 28.5. The predicted octanol–water partition coefficient (Wildman–Crippen LogP) is 3.03. The van der Waals surface area contributed by atoms with Gasteiger partial charge >= 0.3 is 11.9 Å². The molecule has 2 N–H and O–H groups in total. The van der Waals surface area contributed by atoms with E-state index in [1.807, 2.05) is 12.1 Å². The highest BCUT2D eigenvalue weighted by atomic mass is 16.7. The third-order valence-corrected chi connectivity index (χ3v) is 7.33. The number of likely N-dealkylation sites (tertiary alicyclic amines) is 1. The lowest BCUT2D eigenvalue weighted by atomic mass is 9.94. The molecule has 0 radical (unpaired) electrons. The summed E-state index contributed by atoms with van der Waals surface area (Å²) in [5, 5.41) is 14.8. The number of carboxylic acid groups (broad SMARTS) is 2. The van der Waals surface area contributed by atoms with Crippen LogP contribution < -0.4 is 9.47 Å². The first kappa shape index (κ1) is 29.1. The lowest BCUT2D eigenvalue weighted by molar-refractivity contribution is -0.159. The molecule has 40 heavy (non-hydrogen) atoms. The maximum absolute atomic E-state index is 13.2. The molecule has 3 heterocycles. The van der Waals surface area contributed by atoms with Gasteiger partial charge in [0.25, 0.3) is 0 Å². The molecule has 214 valence electrons. The summed E-state index contributed by atoms with van der Waals surface area (Å²) < 4.78 is 10.9. The van der Waals surface area contributed by atoms with Crippen LogP contribution >= 0.6 is 0 Å². The van der Waals surface area contributed by atoms with Gasteiger partial charge in [-0.3, -0.25) is 14.6 Å². The lowest BCUT2D eigenvalue weighted by Gasteiger charge is -2.38. The fourth-order valence-corrected chi connectivity index (χ4v) is 5.25. The van der Waals surface area contributed by atoms with Crippen molar-refractivity contribution in [2.45, 2.75) is 26.3 Å². The molecule has 3 aliphatic rings. The summed E-state index contributed by atoms with van der Waals surface area (Å²) in [5.41, 5.74) is 3.85. The van der Waals surface area contributed by atoms with Crippen molar-refractivity contribution in [2.24, 2.45) is 5.92 Å². The first-order valence-electron chi connectivity index (χ1n) is 13.6. The Labute approximate surface area is 234 Å². The average Bonchev–Trinajstić information content (AvgIpc) is 3.42. The minimum Gasteiger partial charge on any atom is -0.473 e. The van der Waals surface area contributed by atoms with Gasteiger partial charge in [0, 0.05) is 45.2 Å². The number of carbonyl (C=O) groups is 3. The fraction of sp³-hybridized carbons (Fsp3) is 0.433. The van der Waals surface area contributed by atoms with Crippen molar-refractivity contribution in [1.29, 1.82) is 0 Å². The molecule has 0 bridgehead atoms. The van der Waals surface area contributed by atoms with E-state index in [1.54, 1.807) is 0 Å². The highest BCUT2D eigenvalue weighted by molar-refractivity contribution is 6.27. The number of benzene rings is 2. The van der Waals surface area contributed by atoms with Crippen LogP contribution in [0.3, 0.4) is 0 Å². The first-order valence-corrected chi connectivity index (χ1v) is 13.6. The van der Waals surface area contributed by atoms with Crippen LogP contribution in [-0.4, -0.2) is 95.4 Å². The third-order valence-electron chi connectivity index (χ3n) is 7.33. The van der Waals surface area contributed by atoms with Crippen LogP contribution in [0.4, 0.5) is 0 Å². The van der Waals surface area contributed by atoms with Crippen molar-refractivity contribution in [2.75, 3.05) is 52.6 Å². The second-order valence-electron chi connectivity index (χ2n) is 10.4. The largest absolute Gasteiger partial charge is 0.473 e. The van der Waals surface area contributed by atoms with E-state index < -0.39 is 11.9 Å². The smallest absolute Gasteiger partial charge is 0.414 e. The molecule has 2 aromatic carbocycles. The molecule has 10 nitrogen and oxygen atoms in total. The molecule has 5 rings (SSSR count). The van der Waals surface area contributed by atoms with Crippen molar-refractivity contribution >= 4 is 23.9 Å². The van der Waals surface area contributed by atoms with Crippen molar-refractivity contribution in [1.82, 2.24) is 14.7 Å². The molecule has 1 amide bonds. The van der Waals surface area contributed by atoms with Crippen LogP contribution in [0, 0.1) is 5.92 Å². The summed E-state index contributed by atoms with van der Waals surface area (Å²) in [5.74, 6) is -1.45. The Hall–Kier alpha value is -3.89. The maximum atomic E-state index is 13.2. The van der Waals surface area contributed by atoms with E-state index in [2.05, 4.69) is 64.1 Å². The van der Waals surface area contributed by atoms with Gasteiger partial charge < -0.3 is 24.6 Å². The number of hydrogen-bond donors (Lipinski definition) is 2. The van der Waals surface area contributed by atoms with Crippen molar-refractivity contribution in [3.05, 3.63) is 65.2 Å². The first-order chi connectivity index (χ1) is 19.3. The number of fused-ring (bicyclic) bond motifs is 1. The Kier molecular flexibility index (Phi) is 10.2. The van der Waals surface area contributed by atoms with E-state index in [0.717, 1.165) is 76.7 Å². The molecule has 3 aliphatic heterocycles. The SMILES string of the molecule is CC(=Cc1ccccc1)CN1CCC(C(=O)N2CCN(Cc3ccc4c(c3)OCO4)CC2)CC1.O=C(O)C(=O)O. The third kappa shape index (κ3) is 8.30. The molecule has 0 saturated carbocycles. The molecular weight excluding hydrogens is 514 g/mol. The van der Waals surface area contributed by atoms with Crippen molar-refractivity contribution in [3.63, 3.8) is 0 Å². The monoisotopic (exact) mass is 551 g/mol. The van der Waals surface area contributed by atoms with Gasteiger partial charge in [0.2, 0.25) is 12.7 Å². The van der Waals surface area contributed by atoms with Gasteiger partial charge in [0.05, 0.1) is 0 Å². The summed E-state index contributed by atoms with van der Waals surface area (Å²) in [6.07, 6.45) is 4.20. The Morgan fingerprint density at radius 1 is 0.850 bits per heavy atom. The number of piperazine rings is 1. The van der Waals surface area contributed by atoms with E-state index in [0.29, 0.717) is 12.7 Å². The Morgan fingerprint density at radius 3 is 2.15 bits per heavy atom. The van der Waals surface area contributed by atoms with Gasteiger partial charge in [-0.2, -0.15) is 0 Å². The van der Waals surface area contributed by atoms with Crippen LogP contribution in [-0.2, 0) is 20.9 Å². The predicted molar refractivity (Wildman–Crippen MR) is 149 cm³/mol. The van der Waals surface area contributed by atoms with Gasteiger partial charge in [0.1, 0.15) is 0 Å². The fourth-order valence-electron chi connectivity index (χ4n) is 5.25. The van der Waals surface area contributed by atoms with E-state index >= 15 is 0 Å². The molecule has 2 saturated heterocycles. The number of nitrogens with zero attached hydrogens (tertiary/aromatic N) is 3. The normalized spacial score (nSPS) is 18.1. The molecule has 0 unspecified atom stereocenters. The number of rotatable bonds is 6. The number of carbonyl (C=O) groups excluding carboxylic acids is 1. The molecule has 0 aliphatic carbocycles. The molecule has 2 fully saturated rings. The summed E-state index contributed by atoms with van der Waals surface area (Å²) in [7, 11) is 0. The summed E-state index contributed by atoms with van der Waals surface area (Å²) in [4.78, 5) is 38.4.